The lowest BCUT2D eigenvalue weighted by Crippen LogP contribution is -1.97. The van der Waals surface area contributed by atoms with Crippen LogP contribution in [0.25, 0.3) is 10.9 Å². The Morgan fingerprint density at radius 1 is 1.11 bits per heavy atom. The third kappa shape index (κ3) is 2.44. The molecule has 0 saturated heterocycles. The molecule has 2 heterocycles. The van der Waals surface area contributed by atoms with Crippen molar-refractivity contribution in [1.82, 2.24) is 9.97 Å². The summed E-state index contributed by atoms with van der Waals surface area (Å²) in [6.45, 7) is 2.03. The van der Waals surface area contributed by atoms with Crippen LogP contribution in [0.5, 0.6) is 0 Å². The average Bonchev–Trinajstić information content (AvgIpc) is 2.42. The number of benzene rings is 1. The summed E-state index contributed by atoms with van der Waals surface area (Å²) in [5, 5.41) is 4.46. The molecule has 0 unspecified atom stereocenters. The molecule has 3 nitrogen and oxygen atoms in total. The van der Waals surface area contributed by atoms with E-state index in [9.17, 15) is 0 Å². The standard InChI is InChI=1S/C15H12BrN3/c1-10-8-11(16)9-18-15(10)19-14-6-2-5-13-12(14)4-3-7-17-13/h2-9H,1H3,(H,18,19). The summed E-state index contributed by atoms with van der Waals surface area (Å²) in [6.07, 6.45) is 3.59. The zero-order valence-corrected chi connectivity index (χ0v) is 12.0. The van der Waals surface area contributed by atoms with Gasteiger partial charge in [0.25, 0.3) is 0 Å². The molecule has 0 fully saturated rings. The quantitative estimate of drug-likeness (QED) is 0.759. The van der Waals surface area contributed by atoms with Gasteiger partial charge in [-0.2, -0.15) is 0 Å². The fourth-order valence-electron chi connectivity index (χ4n) is 2.01. The number of rotatable bonds is 2. The van der Waals surface area contributed by atoms with E-state index in [0.717, 1.165) is 32.4 Å². The minimum atomic E-state index is 0.861. The smallest absolute Gasteiger partial charge is 0.133 e. The zero-order valence-electron chi connectivity index (χ0n) is 10.4. The molecule has 0 aliphatic heterocycles. The minimum Gasteiger partial charge on any atom is -0.339 e. The van der Waals surface area contributed by atoms with E-state index in [1.54, 1.807) is 12.4 Å². The molecule has 0 radical (unpaired) electrons. The molecule has 1 aromatic carbocycles. The minimum absolute atomic E-state index is 0.861. The predicted molar refractivity (Wildman–Crippen MR) is 81.7 cm³/mol. The molecular formula is C15H12BrN3. The Morgan fingerprint density at radius 3 is 2.84 bits per heavy atom. The number of nitrogens with zero attached hydrogens (tertiary/aromatic N) is 2. The number of hydrogen-bond acceptors (Lipinski definition) is 3. The van der Waals surface area contributed by atoms with Crippen molar-refractivity contribution in [3.05, 3.63) is 58.8 Å². The van der Waals surface area contributed by atoms with Gasteiger partial charge >= 0.3 is 0 Å². The summed E-state index contributed by atoms with van der Waals surface area (Å²) < 4.78 is 0.982. The molecule has 19 heavy (non-hydrogen) atoms. The summed E-state index contributed by atoms with van der Waals surface area (Å²) >= 11 is 3.42. The lowest BCUT2D eigenvalue weighted by Gasteiger charge is -2.10. The maximum absolute atomic E-state index is 4.40. The van der Waals surface area contributed by atoms with E-state index in [-0.39, 0.29) is 0 Å². The Kier molecular flexibility index (Phi) is 3.17. The molecule has 0 bridgehead atoms. The van der Waals surface area contributed by atoms with Gasteiger partial charge in [-0.3, -0.25) is 4.98 Å². The van der Waals surface area contributed by atoms with Crippen LogP contribution in [-0.2, 0) is 0 Å². The van der Waals surface area contributed by atoms with Gasteiger partial charge in [0.15, 0.2) is 0 Å². The Balaban J connectivity index is 2.06. The SMILES string of the molecule is Cc1cc(Br)cnc1Nc1cccc2ncccc12. The fraction of sp³-hybridized carbons (Fsp3) is 0.0667. The molecule has 3 rings (SSSR count). The van der Waals surface area contributed by atoms with Crippen molar-refractivity contribution in [1.29, 1.82) is 0 Å². The lowest BCUT2D eigenvalue weighted by molar-refractivity contribution is 1.24. The van der Waals surface area contributed by atoms with Crippen molar-refractivity contribution in [3.63, 3.8) is 0 Å². The highest BCUT2D eigenvalue weighted by atomic mass is 79.9. The van der Waals surface area contributed by atoms with E-state index in [0.29, 0.717) is 0 Å². The van der Waals surface area contributed by atoms with Gasteiger partial charge in [-0.05, 0) is 58.7 Å². The molecule has 0 spiro atoms. The number of hydrogen-bond donors (Lipinski definition) is 1. The molecule has 0 aliphatic rings. The number of anilines is 2. The van der Waals surface area contributed by atoms with E-state index in [1.807, 2.05) is 37.3 Å². The van der Waals surface area contributed by atoms with E-state index in [1.165, 1.54) is 0 Å². The third-order valence-electron chi connectivity index (χ3n) is 2.94. The maximum Gasteiger partial charge on any atom is 0.133 e. The van der Waals surface area contributed by atoms with Crippen molar-refractivity contribution in [2.45, 2.75) is 6.92 Å². The first-order valence-corrected chi connectivity index (χ1v) is 6.76. The normalized spacial score (nSPS) is 10.6. The van der Waals surface area contributed by atoms with Crippen LogP contribution in [0.4, 0.5) is 11.5 Å². The van der Waals surface area contributed by atoms with Crippen LogP contribution < -0.4 is 5.32 Å². The number of nitrogens with one attached hydrogen (secondary N) is 1. The van der Waals surface area contributed by atoms with Crippen LogP contribution in [0, 0.1) is 6.92 Å². The number of pyridine rings is 2. The second kappa shape index (κ2) is 4.97. The fourth-order valence-corrected chi connectivity index (χ4v) is 2.46. The molecule has 2 aromatic heterocycles. The van der Waals surface area contributed by atoms with Crippen LogP contribution in [0.15, 0.2) is 53.3 Å². The van der Waals surface area contributed by atoms with Gasteiger partial charge in [-0.15, -0.1) is 0 Å². The van der Waals surface area contributed by atoms with Crippen LogP contribution in [0.3, 0.4) is 0 Å². The zero-order chi connectivity index (χ0) is 13.2. The molecule has 0 atom stereocenters. The van der Waals surface area contributed by atoms with Gasteiger partial charge in [0.2, 0.25) is 0 Å². The van der Waals surface area contributed by atoms with Gasteiger partial charge in [-0.25, -0.2) is 4.98 Å². The number of halogens is 1. The lowest BCUT2D eigenvalue weighted by atomic mass is 10.1. The number of fused-ring (bicyclic) bond motifs is 1. The second-order valence-electron chi connectivity index (χ2n) is 4.32. The van der Waals surface area contributed by atoms with E-state index in [2.05, 4.69) is 37.3 Å². The van der Waals surface area contributed by atoms with Crippen molar-refractivity contribution in [2.24, 2.45) is 0 Å². The topological polar surface area (TPSA) is 37.8 Å². The molecule has 3 aromatic rings. The van der Waals surface area contributed by atoms with Gasteiger partial charge in [0.05, 0.1) is 5.52 Å². The van der Waals surface area contributed by atoms with Crippen LogP contribution in [0.1, 0.15) is 5.56 Å². The van der Waals surface area contributed by atoms with Crippen LogP contribution >= 0.6 is 15.9 Å². The Labute approximate surface area is 119 Å². The number of aryl methyl sites for hydroxylation is 1. The summed E-state index contributed by atoms with van der Waals surface area (Å²) in [7, 11) is 0. The summed E-state index contributed by atoms with van der Waals surface area (Å²) in [5.41, 5.74) is 3.08. The van der Waals surface area contributed by atoms with Crippen LogP contribution in [0.2, 0.25) is 0 Å². The van der Waals surface area contributed by atoms with Crippen molar-refractivity contribution >= 4 is 38.3 Å². The molecule has 94 valence electrons. The maximum atomic E-state index is 4.40. The summed E-state index contributed by atoms with van der Waals surface area (Å²) in [5.74, 6) is 0.861. The molecule has 0 amide bonds. The first-order chi connectivity index (χ1) is 9.24. The van der Waals surface area contributed by atoms with Crippen molar-refractivity contribution in [3.8, 4) is 0 Å². The highest BCUT2D eigenvalue weighted by molar-refractivity contribution is 9.10. The molecule has 4 heteroatoms. The van der Waals surface area contributed by atoms with Crippen molar-refractivity contribution in [2.75, 3.05) is 5.32 Å². The average molecular weight is 314 g/mol. The first kappa shape index (κ1) is 12.1. The Morgan fingerprint density at radius 2 is 2.00 bits per heavy atom. The summed E-state index contributed by atoms with van der Waals surface area (Å²) in [4.78, 5) is 8.75. The summed E-state index contributed by atoms with van der Waals surface area (Å²) in [6, 6.07) is 12.1. The monoisotopic (exact) mass is 313 g/mol. The highest BCUT2D eigenvalue weighted by Crippen LogP contribution is 2.26. The molecule has 0 saturated carbocycles. The predicted octanol–water partition coefficient (Wildman–Crippen LogP) is 4.44. The second-order valence-corrected chi connectivity index (χ2v) is 5.24. The van der Waals surface area contributed by atoms with Gasteiger partial charge in [-0.1, -0.05) is 6.07 Å². The van der Waals surface area contributed by atoms with Crippen molar-refractivity contribution < 1.29 is 0 Å². The molecular weight excluding hydrogens is 302 g/mol. The van der Waals surface area contributed by atoms with E-state index < -0.39 is 0 Å². The number of aromatic nitrogens is 2. The highest BCUT2D eigenvalue weighted by Gasteiger charge is 2.04. The Hall–Kier alpha value is -1.94. The largest absolute Gasteiger partial charge is 0.339 e. The van der Waals surface area contributed by atoms with Crippen LogP contribution in [-0.4, -0.2) is 9.97 Å². The van der Waals surface area contributed by atoms with E-state index in [4.69, 9.17) is 0 Å². The van der Waals surface area contributed by atoms with Gasteiger partial charge in [0, 0.05) is 27.9 Å². The van der Waals surface area contributed by atoms with Gasteiger partial charge in [0.1, 0.15) is 5.82 Å². The molecule has 1 N–H and O–H groups in total. The third-order valence-corrected chi connectivity index (χ3v) is 3.38. The first-order valence-electron chi connectivity index (χ1n) is 5.97. The van der Waals surface area contributed by atoms with Gasteiger partial charge < -0.3 is 5.32 Å². The Bertz CT molecular complexity index is 735. The van der Waals surface area contributed by atoms with E-state index >= 15 is 0 Å². The molecule has 0 aliphatic carbocycles.